The van der Waals surface area contributed by atoms with Crippen molar-refractivity contribution in [3.63, 3.8) is 0 Å². The van der Waals surface area contributed by atoms with Gasteiger partial charge in [-0.3, -0.25) is 14.5 Å². The Morgan fingerprint density at radius 3 is 2.40 bits per heavy atom. The standard InChI is InChI=1S/C20H18Cl4N4O2/c1-10(2)28(8-15-25-14-6-4-3-5-11(14)20(30)26-15)9-16(29)27-19-17(23)12(21)7-13(22)18(19)24/h3-7,10H,8-9H2,1-2H3,(H,27,29)(H,25,26,30). The molecule has 2 N–H and O–H groups in total. The molecule has 1 heterocycles. The van der Waals surface area contributed by atoms with Crippen molar-refractivity contribution in [3.05, 3.63) is 66.6 Å². The van der Waals surface area contributed by atoms with Crippen LogP contribution in [0.5, 0.6) is 0 Å². The van der Waals surface area contributed by atoms with Crippen LogP contribution in [0.1, 0.15) is 19.7 Å². The van der Waals surface area contributed by atoms with Crippen LogP contribution in [-0.4, -0.2) is 33.4 Å². The van der Waals surface area contributed by atoms with Gasteiger partial charge in [0.1, 0.15) is 5.82 Å². The molecule has 1 aromatic heterocycles. The topological polar surface area (TPSA) is 78.1 Å². The minimum absolute atomic E-state index is 0.00495. The van der Waals surface area contributed by atoms with Crippen LogP contribution in [0.25, 0.3) is 10.9 Å². The Labute approximate surface area is 193 Å². The average Bonchev–Trinajstić information content (AvgIpc) is 2.69. The number of hydrogen-bond acceptors (Lipinski definition) is 4. The number of carbonyl (C=O) groups excluding carboxylic acids is 1. The van der Waals surface area contributed by atoms with E-state index in [2.05, 4.69) is 15.3 Å². The Morgan fingerprint density at radius 2 is 1.77 bits per heavy atom. The zero-order valence-corrected chi connectivity index (χ0v) is 19.1. The fraction of sp³-hybridized carbons (Fsp3) is 0.250. The minimum Gasteiger partial charge on any atom is -0.322 e. The van der Waals surface area contributed by atoms with Gasteiger partial charge in [-0.25, -0.2) is 4.98 Å². The highest BCUT2D eigenvalue weighted by atomic mass is 35.5. The number of amides is 1. The van der Waals surface area contributed by atoms with Crippen molar-refractivity contribution in [2.75, 3.05) is 11.9 Å². The molecule has 0 aliphatic carbocycles. The molecular weight excluding hydrogens is 470 g/mol. The van der Waals surface area contributed by atoms with E-state index in [0.717, 1.165) is 0 Å². The molecule has 0 atom stereocenters. The number of benzene rings is 2. The van der Waals surface area contributed by atoms with Gasteiger partial charge in [0.25, 0.3) is 5.56 Å². The van der Waals surface area contributed by atoms with E-state index in [-0.39, 0.29) is 56.4 Å². The molecule has 3 aromatic rings. The molecule has 2 aromatic carbocycles. The second kappa shape index (κ2) is 9.54. The van der Waals surface area contributed by atoms with Gasteiger partial charge in [0.2, 0.25) is 5.91 Å². The van der Waals surface area contributed by atoms with Crippen LogP contribution in [0.15, 0.2) is 35.1 Å². The maximum atomic E-state index is 12.7. The Kier molecular flexibility index (Phi) is 7.26. The molecule has 0 bridgehead atoms. The summed E-state index contributed by atoms with van der Waals surface area (Å²) < 4.78 is 0. The number of rotatable bonds is 6. The number of aromatic amines is 1. The molecule has 30 heavy (non-hydrogen) atoms. The molecule has 0 radical (unpaired) electrons. The second-order valence-corrected chi connectivity index (χ2v) is 8.49. The van der Waals surface area contributed by atoms with Gasteiger partial charge in [-0.15, -0.1) is 0 Å². The van der Waals surface area contributed by atoms with Crippen LogP contribution in [-0.2, 0) is 11.3 Å². The van der Waals surface area contributed by atoms with Gasteiger partial charge >= 0.3 is 0 Å². The number of anilines is 1. The maximum absolute atomic E-state index is 12.7. The maximum Gasteiger partial charge on any atom is 0.258 e. The first-order valence-corrected chi connectivity index (χ1v) is 10.5. The van der Waals surface area contributed by atoms with Gasteiger partial charge in [0.15, 0.2) is 0 Å². The predicted octanol–water partition coefficient (Wildman–Crippen LogP) is 5.39. The number of aromatic nitrogens is 2. The van der Waals surface area contributed by atoms with Gasteiger partial charge in [0.05, 0.1) is 49.8 Å². The van der Waals surface area contributed by atoms with E-state index in [1.54, 1.807) is 18.2 Å². The van der Waals surface area contributed by atoms with E-state index in [0.29, 0.717) is 16.7 Å². The quantitative estimate of drug-likeness (QED) is 0.457. The molecule has 6 nitrogen and oxygen atoms in total. The summed E-state index contributed by atoms with van der Waals surface area (Å²) in [6, 6.07) is 8.47. The first-order chi connectivity index (χ1) is 14.2. The van der Waals surface area contributed by atoms with E-state index < -0.39 is 0 Å². The number of nitrogens with zero attached hydrogens (tertiary/aromatic N) is 2. The van der Waals surface area contributed by atoms with Gasteiger partial charge < -0.3 is 10.3 Å². The van der Waals surface area contributed by atoms with Crippen LogP contribution in [0, 0.1) is 0 Å². The number of carbonyl (C=O) groups is 1. The molecule has 10 heteroatoms. The summed E-state index contributed by atoms with van der Waals surface area (Å²) in [6.07, 6.45) is 0. The summed E-state index contributed by atoms with van der Waals surface area (Å²) in [7, 11) is 0. The van der Waals surface area contributed by atoms with Gasteiger partial charge in [0, 0.05) is 6.04 Å². The fourth-order valence-corrected chi connectivity index (χ4v) is 3.77. The number of para-hydroxylation sites is 1. The molecule has 0 saturated heterocycles. The van der Waals surface area contributed by atoms with Crippen molar-refractivity contribution in [1.29, 1.82) is 0 Å². The zero-order valence-electron chi connectivity index (χ0n) is 16.1. The average molecular weight is 488 g/mol. The van der Waals surface area contributed by atoms with E-state index >= 15 is 0 Å². The third-order valence-electron chi connectivity index (χ3n) is 4.47. The first-order valence-electron chi connectivity index (χ1n) is 9.02. The van der Waals surface area contributed by atoms with Crippen LogP contribution < -0.4 is 10.9 Å². The monoisotopic (exact) mass is 486 g/mol. The first kappa shape index (κ1) is 22.8. The number of nitrogens with one attached hydrogen (secondary N) is 2. The van der Waals surface area contributed by atoms with E-state index in [4.69, 9.17) is 46.4 Å². The summed E-state index contributed by atoms with van der Waals surface area (Å²) in [5.74, 6) is 0.0936. The Hall–Kier alpha value is -1.83. The molecule has 0 aliphatic rings. The Morgan fingerprint density at radius 1 is 1.13 bits per heavy atom. The molecule has 3 rings (SSSR count). The number of fused-ring (bicyclic) bond motifs is 1. The highest BCUT2D eigenvalue weighted by Gasteiger charge is 2.20. The van der Waals surface area contributed by atoms with Crippen molar-refractivity contribution in [2.45, 2.75) is 26.4 Å². The molecule has 0 saturated carbocycles. The third kappa shape index (κ3) is 5.07. The number of hydrogen-bond donors (Lipinski definition) is 2. The SMILES string of the molecule is CC(C)N(CC(=O)Nc1c(Cl)c(Cl)cc(Cl)c1Cl)Cc1nc2ccccc2c(=O)[nH]1. The molecule has 0 spiro atoms. The van der Waals surface area contributed by atoms with Crippen LogP contribution in [0.4, 0.5) is 5.69 Å². The summed E-state index contributed by atoms with van der Waals surface area (Å²) >= 11 is 24.4. The van der Waals surface area contributed by atoms with Gasteiger partial charge in [-0.2, -0.15) is 0 Å². The van der Waals surface area contributed by atoms with E-state index in [1.807, 2.05) is 24.8 Å². The molecule has 1 amide bonds. The van der Waals surface area contributed by atoms with Crippen LogP contribution in [0.2, 0.25) is 20.1 Å². The molecule has 0 fully saturated rings. The van der Waals surface area contributed by atoms with Crippen molar-refractivity contribution in [2.24, 2.45) is 0 Å². The van der Waals surface area contributed by atoms with Crippen molar-refractivity contribution in [3.8, 4) is 0 Å². The molecular formula is C20H18Cl4N4O2. The number of halogens is 4. The largest absolute Gasteiger partial charge is 0.322 e. The lowest BCUT2D eigenvalue weighted by Crippen LogP contribution is -2.38. The minimum atomic E-state index is -0.367. The lowest BCUT2D eigenvalue weighted by molar-refractivity contribution is -0.117. The third-order valence-corrected chi connectivity index (χ3v) is 6.04. The van der Waals surface area contributed by atoms with Crippen LogP contribution >= 0.6 is 46.4 Å². The second-order valence-electron chi connectivity index (χ2n) is 6.92. The van der Waals surface area contributed by atoms with E-state index in [1.165, 1.54) is 6.07 Å². The molecule has 0 aliphatic heterocycles. The highest BCUT2D eigenvalue weighted by molar-refractivity contribution is 6.50. The normalized spacial score (nSPS) is 11.5. The lowest BCUT2D eigenvalue weighted by atomic mass is 10.2. The summed E-state index contributed by atoms with van der Waals surface area (Å²) in [4.78, 5) is 34.1. The van der Waals surface area contributed by atoms with Gasteiger partial charge in [-0.05, 0) is 32.0 Å². The highest BCUT2D eigenvalue weighted by Crippen LogP contribution is 2.41. The van der Waals surface area contributed by atoms with Gasteiger partial charge in [-0.1, -0.05) is 58.5 Å². The van der Waals surface area contributed by atoms with Crippen molar-refractivity contribution < 1.29 is 4.79 Å². The fourth-order valence-electron chi connectivity index (χ4n) is 2.87. The summed E-state index contributed by atoms with van der Waals surface area (Å²) in [5, 5.41) is 3.75. The summed E-state index contributed by atoms with van der Waals surface area (Å²) in [5.41, 5.74) is 0.522. The smallest absolute Gasteiger partial charge is 0.258 e. The Balaban J connectivity index is 1.80. The predicted molar refractivity (Wildman–Crippen MR) is 123 cm³/mol. The van der Waals surface area contributed by atoms with Crippen LogP contribution in [0.3, 0.4) is 0 Å². The lowest BCUT2D eigenvalue weighted by Gasteiger charge is -2.25. The Bertz CT molecular complexity index is 1140. The molecule has 0 unspecified atom stereocenters. The molecule has 158 valence electrons. The number of H-pyrrole nitrogens is 1. The van der Waals surface area contributed by atoms with E-state index in [9.17, 15) is 9.59 Å². The van der Waals surface area contributed by atoms with Crippen molar-refractivity contribution >= 4 is 68.9 Å². The zero-order chi connectivity index (χ0) is 22.0. The summed E-state index contributed by atoms with van der Waals surface area (Å²) in [6.45, 7) is 4.14. The van der Waals surface area contributed by atoms with Crippen molar-refractivity contribution in [1.82, 2.24) is 14.9 Å².